The first-order chi connectivity index (χ1) is 15.8. The summed E-state index contributed by atoms with van der Waals surface area (Å²) in [7, 11) is 0. The van der Waals surface area contributed by atoms with Crippen LogP contribution in [0.2, 0.25) is 5.02 Å². The maximum absolute atomic E-state index is 10.6. The van der Waals surface area contributed by atoms with E-state index in [1.807, 2.05) is 18.2 Å². The van der Waals surface area contributed by atoms with E-state index in [-0.39, 0.29) is 18.5 Å². The smallest absolute Gasteiger partial charge is 0.327 e. The molecular weight excluding hydrogens is 493 g/mol. The molecule has 14 heteroatoms. The molecule has 2 aliphatic heterocycles. The molecule has 0 amide bonds. The predicted molar refractivity (Wildman–Crippen MR) is 122 cm³/mol. The van der Waals surface area contributed by atoms with E-state index in [4.69, 9.17) is 47.4 Å². The second-order valence-electron chi connectivity index (χ2n) is 7.64. The molecule has 2 saturated heterocycles. The van der Waals surface area contributed by atoms with Gasteiger partial charge in [-0.1, -0.05) is 23.7 Å². The molecule has 5 rings (SSSR count). The van der Waals surface area contributed by atoms with Crippen molar-refractivity contribution in [3.05, 3.63) is 47.5 Å². The van der Waals surface area contributed by atoms with Gasteiger partial charge in [-0.2, -0.15) is 0 Å². The molecule has 0 aliphatic carbocycles. The second kappa shape index (κ2) is 9.14. The first-order valence-corrected chi connectivity index (χ1v) is 13.1. The Morgan fingerprint density at radius 1 is 1.27 bits per heavy atom. The minimum atomic E-state index is -3.11. The summed E-state index contributed by atoms with van der Waals surface area (Å²) in [5, 5.41) is 21.8. The van der Waals surface area contributed by atoms with Gasteiger partial charge in [-0.3, -0.25) is 4.57 Å². The lowest BCUT2D eigenvalue weighted by atomic mass is 10.1. The van der Waals surface area contributed by atoms with Crippen molar-refractivity contribution in [3.63, 3.8) is 0 Å². The van der Waals surface area contributed by atoms with Crippen molar-refractivity contribution in [2.75, 3.05) is 18.9 Å². The average Bonchev–Trinajstić information content (AvgIpc) is 3.35. The molecule has 33 heavy (non-hydrogen) atoms. The maximum Gasteiger partial charge on any atom is 0.327 e. The van der Waals surface area contributed by atoms with Gasteiger partial charge in [0.25, 0.3) is 0 Å². The number of nitrogen functional groups attached to an aromatic ring is 1. The summed E-state index contributed by atoms with van der Waals surface area (Å²) in [6, 6.07) is 7.33. The SMILES string of the molecule is Nc1ncnc2c1ncn2[C@@H]1O[C@H](COP2(=S)OCC[C@H](c3cccc(Cl)c3)O2)[C@@H](O)[C@H]1O. The van der Waals surface area contributed by atoms with Crippen molar-refractivity contribution < 1.29 is 28.5 Å². The number of aliphatic hydroxyl groups is 2. The monoisotopic (exact) mass is 513 g/mol. The van der Waals surface area contributed by atoms with Crippen LogP contribution in [0.15, 0.2) is 36.9 Å². The minimum absolute atomic E-state index is 0.141. The van der Waals surface area contributed by atoms with Gasteiger partial charge >= 0.3 is 6.72 Å². The number of rotatable bonds is 5. The third kappa shape index (κ3) is 4.51. The molecule has 4 heterocycles. The molecular formula is C19H21ClN5O6PS. The Hall–Kier alpha value is -1.73. The van der Waals surface area contributed by atoms with E-state index in [1.165, 1.54) is 17.2 Å². The van der Waals surface area contributed by atoms with Crippen LogP contribution in [0.25, 0.3) is 11.2 Å². The van der Waals surface area contributed by atoms with E-state index in [1.54, 1.807) is 6.07 Å². The third-order valence-corrected chi connectivity index (χ3v) is 8.10. The Morgan fingerprint density at radius 3 is 2.94 bits per heavy atom. The Morgan fingerprint density at radius 2 is 2.12 bits per heavy atom. The molecule has 3 aromatic rings. The van der Waals surface area contributed by atoms with Crippen molar-refractivity contribution >= 4 is 47.1 Å². The highest BCUT2D eigenvalue weighted by Crippen LogP contribution is 2.57. The zero-order valence-corrected chi connectivity index (χ0v) is 19.6. The van der Waals surface area contributed by atoms with E-state index in [9.17, 15) is 10.2 Å². The first kappa shape index (κ1) is 23.0. The molecule has 0 radical (unpaired) electrons. The quantitative estimate of drug-likeness (QED) is 0.431. The summed E-state index contributed by atoms with van der Waals surface area (Å²) in [5.41, 5.74) is 7.44. The van der Waals surface area contributed by atoms with Crippen molar-refractivity contribution in [1.29, 1.82) is 0 Å². The van der Waals surface area contributed by atoms with E-state index >= 15 is 0 Å². The first-order valence-electron chi connectivity index (χ1n) is 10.1. The number of anilines is 1. The average molecular weight is 514 g/mol. The third-order valence-electron chi connectivity index (χ3n) is 5.50. The molecule has 1 unspecified atom stereocenters. The summed E-state index contributed by atoms with van der Waals surface area (Å²) < 4.78 is 24.8. The Kier molecular flexibility index (Phi) is 6.38. The molecule has 2 aromatic heterocycles. The second-order valence-corrected chi connectivity index (χ2v) is 11.0. The number of hydrogen-bond acceptors (Lipinski definition) is 11. The number of aromatic nitrogens is 4. The van der Waals surface area contributed by atoms with Gasteiger partial charge in [0.05, 0.1) is 25.6 Å². The molecule has 0 bridgehead atoms. The van der Waals surface area contributed by atoms with Crippen molar-refractivity contribution in [1.82, 2.24) is 19.5 Å². The van der Waals surface area contributed by atoms with Gasteiger partial charge in [0, 0.05) is 11.4 Å². The number of fused-ring (bicyclic) bond motifs is 1. The summed E-state index contributed by atoms with van der Waals surface area (Å²) in [6.45, 7) is -2.90. The topological polar surface area (TPSA) is 147 Å². The Bertz CT molecular complexity index is 1220. The van der Waals surface area contributed by atoms with E-state index in [0.717, 1.165) is 5.56 Å². The molecule has 176 valence electrons. The predicted octanol–water partition coefficient (Wildman–Crippen LogP) is 2.10. The van der Waals surface area contributed by atoms with Crippen LogP contribution in [0, 0.1) is 0 Å². The summed E-state index contributed by atoms with van der Waals surface area (Å²) >= 11 is 11.6. The zero-order valence-electron chi connectivity index (χ0n) is 17.1. The lowest BCUT2D eigenvalue weighted by molar-refractivity contribution is -0.0533. The number of ether oxygens (including phenoxy) is 1. The molecule has 6 atom stereocenters. The van der Waals surface area contributed by atoms with Gasteiger partial charge in [0.1, 0.15) is 30.2 Å². The Labute approximate surface area is 198 Å². The lowest BCUT2D eigenvalue weighted by Gasteiger charge is -2.32. The highest BCUT2D eigenvalue weighted by Gasteiger charge is 2.45. The van der Waals surface area contributed by atoms with Crippen LogP contribution in [-0.4, -0.2) is 61.3 Å². The van der Waals surface area contributed by atoms with Crippen LogP contribution in [0.4, 0.5) is 5.82 Å². The highest BCUT2D eigenvalue weighted by atomic mass is 35.5. The highest BCUT2D eigenvalue weighted by molar-refractivity contribution is 8.07. The van der Waals surface area contributed by atoms with Crippen LogP contribution >= 0.6 is 18.3 Å². The molecule has 0 saturated carbocycles. The molecule has 0 spiro atoms. The number of hydrogen-bond donors (Lipinski definition) is 3. The normalized spacial score (nSPS) is 32.4. The molecule has 11 nitrogen and oxygen atoms in total. The van der Waals surface area contributed by atoms with E-state index in [0.29, 0.717) is 29.2 Å². The van der Waals surface area contributed by atoms with Crippen LogP contribution in [0.1, 0.15) is 24.3 Å². The van der Waals surface area contributed by atoms with Crippen molar-refractivity contribution in [3.8, 4) is 0 Å². The van der Waals surface area contributed by atoms with Gasteiger partial charge in [-0.05, 0) is 29.5 Å². The van der Waals surface area contributed by atoms with Crippen LogP contribution in [0.5, 0.6) is 0 Å². The van der Waals surface area contributed by atoms with Gasteiger partial charge in [0.2, 0.25) is 0 Å². The van der Waals surface area contributed by atoms with Gasteiger partial charge in [0.15, 0.2) is 17.7 Å². The number of benzene rings is 1. The van der Waals surface area contributed by atoms with Crippen LogP contribution in [-0.2, 0) is 30.1 Å². The van der Waals surface area contributed by atoms with Crippen molar-refractivity contribution in [2.45, 2.75) is 37.1 Å². The zero-order chi connectivity index (χ0) is 23.2. The standard InChI is InChI=1S/C19H21ClN5O6PS/c20-11-3-1-2-10(6-11)12-4-5-28-32(33,31-12)29-7-13-15(26)16(27)19(30-13)25-9-24-14-17(21)22-8-23-18(14)25/h1-3,6,8-9,12-13,15-16,19,26-27H,4-5,7H2,(H2,21,22,23)/t12-,13-,15-,16-,19-,32?/m1/s1. The molecule has 4 N–H and O–H groups in total. The summed E-state index contributed by atoms with van der Waals surface area (Å²) in [5.74, 6) is 0.199. The molecule has 2 fully saturated rings. The largest absolute Gasteiger partial charge is 0.387 e. The number of halogens is 1. The van der Waals surface area contributed by atoms with Crippen LogP contribution in [0.3, 0.4) is 0 Å². The fourth-order valence-electron chi connectivity index (χ4n) is 3.83. The minimum Gasteiger partial charge on any atom is -0.387 e. The maximum atomic E-state index is 10.6. The lowest BCUT2D eigenvalue weighted by Crippen LogP contribution is -2.34. The van der Waals surface area contributed by atoms with Gasteiger partial charge in [-0.25, -0.2) is 15.0 Å². The van der Waals surface area contributed by atoms with Crippen molar-refractivity contribution in [2.24, 2.45) is 0 Å². The van der Waals surface area contributed by atoms with Crippen LogP contribution < -0.4 is 5.73 Å². The fraction of sp³-hybridized carbons (Fsp3) is 0.421. The number of nitrogens with two attached hydrogens (primary N) is 1. The molecule has 1 aromatic carbocycles. The fourth-order valence-corrected chi connectivity index (χ4v) is 6.14. The van der Waals surface area contributed by atoms with E-state index < -0.39 is 31.3 Å². The number of nitrogens with zero attached hydrogens (tertiary/aromatic N) is 4. The molecule has 2 aliphatic rings. The number of aliphatic hydroxyl groups excluding tert-OH is 2. The van der Waals surface area contributed by atoms with E-state index in [2.05, 4.69) is 15.0 Å². The van der Waals surface area contributed by atoms with Gasteiger partial charge in [-0.15, -0.1) is 0 Å². The number of imidazole rings is 1. The summed E-state index contributed by atoms with van der Waals surface area (Å²) in [6.07, 6.45) is -1.37. The Balaban J connectivity index is 1.27. The van der Waals surface area contributed by atoms with Gasteiger partial charge < -0.3 is 34.3 Å². The summed E-state index contributed by atoms with van der Waals surface area (Å²) in [4.78, 5) is 12.2.